The van der Waals surface area contributed by atoms with Crippen LogP contribution in [-0.4, -0.2) is 178 Å². The molecule has 0 saturated carbocycles. The minimum atomic E-state index is -1.69. The summed E-state index contributed by atoms with van der Waals surface area (Å²) >= 11 is 0. The van der Waals surface area contributed by atoms with Gasteiger partial charge in [0.25, 0.3) is 0 Å². The molecule has 0 aromatic carbocycles. The Labute approximate surface area is 242 Å². The van der Waals surface area contributed by atoms with E-state index in [0.29, 0.717) is 0 Å². The maximum Gasteiger partial charge on any atom is 0.187 e. The topological polar surface area (TPSA) is 245 Å². The zero-order valence-electron chi connectivity index (χ0n) is 23.9. The van der Waals surface area contributed by atoms with Crippen LogP contribution in [0.2, 0.25) is 0 Å². The van der Waals surface area contributed by atoms with Crippen LogP contribution in [0.3, 0.4) is 0 Å². The van der Waals surface area contributed by atoms with Crippen molar-refractivity contribution in [2.75, 3.05) is 20.8 Å². The maximum absolute atomic E-state index is 11.1. The summed E-state index contributed by atoms with van der Waals surface area (Å²) < 4.78 is 51.6. The van der Waals surface area contributed by atoms with Crippen molar-refractivity contribution in [3.8, 4) is 0 Å². The molecule has 0 amide bonds. The monoisotopic (exact) mass is 616 g/mol. The molecule has 0 spiro atoms. The van der Waals surface area contributed by atoms with E-state index in [1.807, 2.05) is 0 Å². The molecule has 8 N–H and O–H groups in total. The van der Waals surface area contributed by atoms with Crippen molar-refractivity contribution in [1.82, 2.24) is 0 Å². The van der Waals surface area contributed by atoms with Crippen molar-refractivity contribution < 1.29 is 83.5 Å². The highest BCUT2D eigenvalue weighted by Crippen LogP contribution is 2.35. The molecule has 0 aliphatic carbocycles. The fraction of sp³-hybridized carbons (Fsp3) is 1.00. The Hall–Kier alpha value is -0.680. The SMILES string of the molecule is CO[C@@H]1O[C@@H](C)[C@H](O)[C@@H](O[C@@H]2O[C@@H](C)[C@H](O)[C@@H](OC)[C@H]2O[C@@H]2O[C@@H](C)[C@H](O)[C@@H](O)[C@H]2O)[C@H]1O[C@@H]1OC[C@@H](O)[C@H](O)[C@H]1O. The van der Waals surface area contributed by atoms with Gasteiger partial charge in [0.15, 0.2) is 25.2 Å². The van der Waals surface area contributed by atoms with Gasteiger partial charge >= 0.3 is 0 Å². The van der Waals surface area contributed by atoms with Gasteiger partial charge in [-0.3, -0.25) is 0 Å². The van der Waals surface area contributed by atoms with Crippen molar-refractivity contribution in [2.24, 2.45) is 0 Å². The van der Waals surface area contributed by atoms with Crippen LogP contribution in [-0.2, 0) is 42.6 Å². The third-order valence-electron chi connectivity index (χ3n) is 8.16. The van der Waals surface area contributed by atoms with E-state index in [-0.39, 0.29) is 6.61 Å². The van der Waals surface area contributed by atoms with Crippen molar-refractivity contribution in [2.45, 2.75) is 137 Å². The molecule has 4 heterocycles. The fourth-order valence-corrected chi connectivity index (χ4v) is 5.47. The fourth-order valence-electron chi connectivity index (χ4n) is 5.47. The molecule has 17 heteroatoms. The largest absolute Gasteiger partial charge is 0.388 e. The predicted molar refractivity (Wildman–Crippen MR) is 133 cm³/mol. The first-order valence-electron chi connectivity index (χ1n) is 13.8. The van der Waals surface area contributed by atoms with Gasteiger partial charge in [-0.25, -0.2) is 0 Å². The minimum absolute atomic E-state index is 0.353. The van der Waals surface area contributed by atoms with Crippen molar-refractivity contribution in [1.29, 1.82) is 0 Å². The van der Waals surface area contributed by atoms with E-state index in [2.05, 4.69) is 0 Å². The minimum Gasteiger partial charge on any atom is -0.388 e. The average Bonchev–Trinajstić information content (AvgIpc) is 2.96. The molecule has 19 atom stereocenters. The van der Waals surface area contributed by atoms with Crippen LogP contribution in [0.15, 0.2) is 0 Å². The van der Waals surface area contributed by atoms with E-state index in [1.54, 1.807) is 13.8 Å². The molecule has 246 valence electrons. The van der Waals surface area contributed by atoms with Gasteiger partial charge in [-0.1, -0.05) is 0 Å². The van der Waals surface area contributed by atoms with E-state index in [1.165, 1.54) is 21.1 Å². The van der Waals surface area contributed by atoms with Crippen LogP contribution in [0.5, 0.6) is 0 Å². The summed E-state index contributed by atoms with van der Waals surface area (Å²) in [4.78, 5) is 0. The molecule has 4 aliphatic rings. The second-order valence-electron chi connectivity index (χ2n) is 11.1. The molecule has 0 aromatic rings. The van der Waals surface area contributed by atoms with E-state index in [4.69, 9.17) is 42.6 Å². The van der Waals surface area contributed by atoms with Gasteiger partial charge in [-0.05, 0) is 20.8 Å². The Morgan fingerprint density at radius 2 is 0.929 bits per heavy atom. The van der Waals surface area contributed by atoms with Crippen molar-refractivity contribution in [3.63, 3.8) is 0 Å². The first kappa shape index (κ1) is 34.2. The highest BCUT2D eigenvalue weighted by atomic mass is 16.8. The third kappa shape index (κ3) is 6.77. The lowest BCUT2D eigenvalue weighted by Gasteiger charge is -2.49. The van der Waals surface area contributed by atoms with Crippen LogP contribution in [0.4, 0.5) is 0 Å². The molecular weight excluding hydrogens is 572 g/mol. The van der Waals surface area contributed by atoms with Gasteiger partial charge in [-0.2, -0.15) is 0 Å². The molecule has 0 unspecified atom stereocenters. The second-order valence-corrected chi connectivity index (χ2v) is 11.1. The summed E-state index contributed by atoms with van der Waals surface area (Å²) in [6, 6.07) is 0. The summed E-state index contributed by atoms with van der Waals surface area (Å²) in [5.41, 5.74) is 0. The Morgan fingerprint density at radius 3 is 1.55 bits per heavy atom. The Kier molecular flexibility index (Phi) is 11.5. The number of ether oxygens (including phenoxy) is 9. The number of aliphatic hydroxyl groups is 8. The second kappa shape index (κ2) is 14.2. The Bertz CT molecular complexity index is 854. The number of methoxy groups -OCH3 is 2. The lowest BCUT2D eigenvalue weighted by molar-refractivity contribution is -0.397. The van der Waals surface area contributed by atoms with E-state index < -0.39 is 117 Å². The normalized spacial score (nSPS) is 54.1. The van der Waals surface area contributed by atoms with E-state index >= 15 is 0 Å². The van der Waals surface area contributed by atoms with Gasteiger partial charge in [0.2, 0.25) is 0 Å². The third-order valence-corrected chi connectivity index (χ3v) is 8.16. The molecule has 4 saturated heterocycles. The number of hydrogen-bond donors (Lipinski definition) is 8. The quantitative estimate of drug-likeness (QED) is 0.128. The van der Waals surface area contributed by atoms with Crippen molar-refractivity contribution in [3.05, 3.63) is 0 Å². The number of aliphatic hydroxyl groups excluding tert-OH is 8. The molecule has 17 nitrogen and oxygen atoms in total. The molecule has 0 radical (unpaired) electrons. The zero-order chi connectivity index (χ0) is 31.0. The van der Waals surface area contributed by atoms with Crippen LogP contribution < -0.4 is 0 Å². The summed E-state index contributed by atoms with van der Waals surface area (Å²) in [7, 11) is 2.61. The molecule has 0 aromatic heterocycles. The van der Waals surface area contributed by atoms with Gasteiger partial charge < -0.3 is 83.5 Å². The van der Waals surface area contributed by atoms with Gasteiger partial charge in [0, 0.05) is 14.2 Å². The lowest BCUT2D eigenvalue weighted by Crippen LogP contribution is -2.67. The predicted octanol–water partition coefficient (Wildman–Crippen LogP) is -4.72. The average molecular weight is 617 g/mol. The highest BCUT2D eigenvalue weighted by molar-refractivity contribution is 4.96. The van der Waals surface area contributed by atoms with Gasteiger partial charge in [0.05, 0.1) is 24.9 Å². The molecular formula is C25H44O17. The maximum atomic E-state index is 11.1. The van der Waals surface area contributed by atoms with Gasteiger partial charge in [0.1, 0.15) is 73.2 Å². The standard InChI is InChI=1S/C25H44O17/c1-7-11(27)15(31)17(33)23(37-7)42-20-18(34-4)12(28)8(2)39-25(20)40-19-13(29)9(3)38-24(35-5)21(19)41-22-16(32)14(30)10(26)6-36-22/h7-33H,6H2,1-5H3/t7-,8-,9-,10+,11-,12-,13-,14-,15+,16+,17+,18+,19+,20+,21+,22-,23-,24+,25-/m0/s1. The van der Waals surface area contributed by atoms with Gasteiger partial charge in [-0.15, -0.1) is 0 Å². The van der Waals surface area contributed by atoms with Crippen LogP contribution in [0.1, 0.15) is 20.8 Å². The number of hydrogen-bond acceptors (Lipinski definition) is 17. The summed E-state index contributed by atoms with van der Waals surface area (Å²) in [6.45, 7) is 4.21. The smallest absolute Gasteiger partial charge is 0.187 e. The summed E-state index contributed by atoms with van der Waals surface area (Å²) in [6.07, 6.45) is -25.3. The highest BCUT2D eigenvalue weighted by Gasteiger charge is 2.55. The molecule has 4 fully saturated rings. The summed E-state index contributed by atoms with van der Waals surface area (Å²) in [5, 5.41) is 83.3. The van der Waals surface area contributed by atoms with Crippen LogP contribution in [0, 0.1) is 0 Å². The van der Waals surface area contributed by atoms with Crippen molar-refractivity contribution >= 4 is 0 Å². The first-order valence-corrected chi connectivity index (χ1v) is 13.8. The van der Waals surface area contributed by atoms with E-state index in [9.17, 15) is 40.9 Å². The first-order chi connectivity index (χ1) is 19.8. The van der Waals surface area contributed by atoms with Crippen LogP contribution in [0.25, 0.3) is 0 Å². The molecule has 0 bridgehead atoms. The summed E-state index contributed by atoms with van der Waals surface area (Å²) in [5.74, 6) is 0. The molecule has 42 heavy (non-hydrogen) atoms. The lowest BCUT2D eigenvalue weighted by atomic mass is 9.96. The van der Waals surface area contributed by atoms with E-state index in [0.717, 1.165) is 0 Å². The number of rotatable bonds is 8. The zero-order valence-corrected chi connectivity index (χ0v) is 23.9. The molecule has 4 aliphatic heterocycles. The Balaban J connectivity index is 1.61. The van der Waals surface area contributed by atoms with Crippen LogP contribution >= 0.6 is 0 Å². The Morgan fingerprint density at radius 1 is 0.452 bits per heavy atom. The molecule has 4 rings (SSSR count).